The molecule has 9 rings (SSSR count). The number of anilines is 1. The maximum absolute atomic E-state index is 16.6. The Morgan fingerprint density at radius 2 is 1.41 bits per heavy atom. The molecule has 4 aromatic rings. The number of hydrogen-bond donors (Lipinski definition) is 2. The third kappa shape index (κ3) is 8.91. The zero-order valence-corrected chi connectivity index (χ0v) is 38.7. The lowest BCUT2D eigenvalue weighted by atomic mass is 9.64. The number of amides is 3. The van der Waals surface area contributed by atoms with E-state index in [1.165, 1.54) is 7.11 Å². The lowest BCUT2D eigenvalue weighted by molar-refractivity contribution is -0.179. The number of aliphatic hydroxyl groups excluding tert-OH is 1. The monoisotopic (exact) mass is 923 g/mol. The Balaban J connectivity index is 1.36. The molecular weight excluding hydrogens is 863 g/mol. The topological polar surface area (TPSA) is 155 Å². The van der Waals surface area contributed by atoms with E-state index in [1.807, 2.05) is 71.6 Å². The highest BCUT2D eigenvalue weighted by molar-refractivity contribution is 6.23. The van der Waals surface area contributed by atoms with Crippen molar-refractivity contribution in [3.63, 3.8) is 0 Å². The van der Waals surface area contributed by atoms with Crippen molar-refractivity contribution in [3.05, 3.63) is 131 Å². The van der Waals surface area contributed by atoms with Crippen LogP contribution in [0, 0.1) is 17.8 Å². The molecule has 1 spiro atoms. The summed E-state index contributed by atoms with van der Waals surface area (Å²) in [6.07, 6.45) is 7.29. The number of imide groups is 1. The minimum absolute atomic E-state index is 0.00600. The molecule has 1 saturated carbocycles. The van der Waals surface area contributed by atoms with Crippen molar-refractivity contribution in [2.75, 3.05) is 51.5 Å². The number of hydrogen-bond acceptors (Lipinski definition) is 11. The van der Waals surface area contributed by atoms with Crippen molar-refractivity contribution < 1.29 is 48.3 Å². The van der Waals surface area contributed by atoms with Gasteiger partial charge in [-0.3, -0.25) is 19.3 Å². The molecule has 0 aromatic heterocycles. The van der Waals surface area contributed by atoms with Gasteiger partial charge >= 0.3 is 12.1 Å². The van der Waals surface area contributed by atoms with Gasteiger partial charge in [0.05, 0.1) is 36.9 Å². The van der Waals surface area contributed by atoms with E-state index in [-0.39, 0.29) is 32.1 Å². The third-order valence-corrected chi connectivity index (χ3v) is 14.5. The predicted octanol–water partition coefficient (Wildman–Crippen LogP) is 7.74. The van der Waals surface area contributed by atoms with Crippen LogP contribution < -0.4 is 9.64 Å². The molecule has 3 amide bonds. The summed E-state index contributed by atoms with van der Waals surface area (Å²) >= 11 is 0. The maximum Gasteiger partial charge on any atom is 0.421 e. The minimum atomic E-state index is -2.00. The molecule has 3 saturated heterocycles. The Bertz CT molecular complexity index is 2510. The number of aliphatic hydroxyl groups is 2. The van der Waals surface area contributed by atoms with Gasteiger partial charge in [-0.25, -0.2) is 9.69 Å². The van der Waals surface area contributed by atoms with Gasteiger partial charge in [-0.15, -0.1) is 0 Å². The van der Waals surface area contributed by atoms with Crippen LogP contribution in [0.1, 0.15) is 117 Å². The molecule has 4 aliphatic heterocycles. The number of ether oxygens (including phenoxy) is 4. The SMILES string of the molecule is COCCOC(=O)N1C(=O)[C@@]2(c3cc(C#CC4(O)CCCCCC4)ccc31)[C@H](C(=O)N1CCCCCCC1)[C@H]1C(=O)O[C@H](c3ccccc3)[C@H](c3ccccc3)N1[C@@H]2c1cccc(OCCO)c1. The molecule has 5 aliphatic rings. The first-order valence-corrected chi connectivity index (χ1v) is 24.3. The van der Waals surface area contributed by atoms with E-state index < -0.39 is 65.0 Å². The number of carbonyl (C=O) groups is 4. The highest BCUT2D eigenvalue weighted by Crippen LogP contribution is 2.66. The van der Waals surface area contributed by atoms with Gasteiger partial charge < -0.3 is 34.1 Å². The highest BCUT2D eigenvalue weighted by Gasteiger charge is 2.76. The first kappa shape index (κ1) is 47.0. The standard InChI is InChI=1S/C55H61N3O10/c1-65-34-35-67-53(63)57-44-25-24-38(26-29-54(64)27-13-3-4-14-28-54)36-43(44)55(52(57)62)45(50(60)56-30-15-5-2-6-16-31-56)47-51(61)68-48(40-20-11-8-12-21-40)46(39-18-9-7-10-19-39)58(47)49(55)41-22-17-23-42(37-41)66-33-32-59/h7-12,17-25,36-37,45-49,59,64H,2-6,13-16,27-28,30-35H2,1H3/t45-,46-,47-,48+,49+,55-/m0/s1. The number of esters is 1. The van der Waals surface area contributed by atoms with Gasteiger partial charge in [0.1, 0.15) is 42.1 Å². The summed E-state index contributed by atoms with van der Waals surface area (Å²) < 4.78 is 23.7. The second-order valence-corrected chi connectivity index (χ2v) is 18.7. The average Bonchev–Trinajstić information content (AvgIpc) is 3.68. The number of benzene rings is 4. The van der Waals surface area contributed by atoms with Gasteiger partial charge in [0.15, 0.2) is 0 Å². The number of fused-ring (bicyclic) bond motifs is 3. The van der Waals surface area contributed by atoms with Gasteiger partial charge in [0.2, 0.25) is 11.8 Å². The largest absolute Gasteiger partial charge is 0.491 e. The van der Waals surface area contributed by atoms with Crippen molar-refractivity contribution in [1.82, 2.24) is 9.80 Å². The van der Waals surface area contributed by atoms with Crippen LogP contribution in [-0.2, 0) is 34.0 Å². The molecule has 4 aromatic carbocycles. The van der Waals surface area contributed by atoms with Crippen LogP contribution in [0.3, 0.4) is 0 Å². The van der Waals surface area contributed by atoms with Gasteiger partial charge in [-0.1, -0.05) is 117 Å². The Morgan fingerprint density at radius 3 is 2.10 bits per heavy atom. The smallest absolute Gasteiger partial charge is 0.421 e. The molecule has 0 bridgehead atoms. The number of nitrogens with zero attached hydrogens (tertiary/aromatic N) is 3. The van der Waals surface area contributed by atoms with Crippen LogP contribution in [0.4, 0.5) is 10.5 Å². The summed E-state index contributed by atoms with van der Waals surface area (Å²) in [7, 11) is 1.48. The fourth-order valence-electron chi connectivity index (χ4n) is 11.5. The summed E-state index contributed by atoms with van der Waals surface area (Å²) in [6.45, 7) is 0.515. The Kier molecular flexibility index (Phi) is 14.3. The Labute approximate surface area is 398 Å². The molecular formula is C55H61N3O10. The Morgan fingerprint density at radius 1 is 0.750 bits per heavy atom. The molecule has 4 fully saturated rings. The minimum Gasteiger partial charge on any atom is -0.491 e. The predicted molar refractivity (Wildman–Crippen MR) is 253 cm³/mol. The summed E-state index contributed by atoms with van der Waals surface area (Å²) in [6, 6.07) is 28.2. The van der Waals surface area contributed by atoms with E-state index in [0.717, 1.165) is 73.8 Å². The van der Waals surface area contributed by atoms with Crippen LogP contribution in [-0.4, -0.2) is 102 Å². The zero-order valence-electron chi connectivity index (χ0n) is 38.7. The normalized spacial score (nSPS) is 25.8. The molecule has 1 aliphatic carbocycles. The fraction of sp³-hybridized carbons (Fsp3) is 0.455. The average molecular weight is 924 g/mol. The zero-order chi connectivity index (χ0) is 47.3. The molecule has 2 N–H and O–H groups in total. The van der Waals surface area contributed by atoms with Gasteiger partial charge in [0, 0.05) is 25.8 Å². The number of morpholine rings is 1. The molecule has 13 heteroatoms. The van der Waals surface area contributed by atoms with E-state index >= 15 is 14.4 Å². The lowest BCUT2D eigenvalue weighted by Crippen LogP contribution is -2.56. The van der Waals surface area contributed by atoms with Crippen LogP contribution in [0.25, 0.3) is 0 Å². The molecule has 13 nitrogen and oxygen atoms in total. The highest BCUT2D eigenvalue weighted by atomic mass is 16.6. The van der Waals surface area contributed by atoms with E-state index in [2.05, 4.69) is 11.8 Å². The van der Waals surface area contributed by atoms with Crippen LogP contribution in [0.2, 0.25) is 0 Å². The molecule has 68 heavy (non-hydrogen) atoms. The maximum atomic E-state index is 16.6. The second-order valence-electron chi connectivity index (χ2n) is 18.7. The van der Waals surface area contributed by atoms with Crippen molar-refractivity contribution in [2.45, 2.75) is 106 Å². The van der Waals surface area contributed by atoms with E-state index in [4.69, 9.17) is 18.9 Å². The van der Waals surface area contributed by atoms with E-state index in [0.29, 0.717) is 48.4 Å². The van der Waals surface area contributed by atoms with Crippen LogP contribution >= 0.6 is 0 Å². The molecule has 6 atom stereocenters. The third-order valence-electron chi connectivity index (χ3n) is 14.5. The van der Waals surface area contributed by atoms with Crippen molar-refractivity contribution in [3.8, 4) is 17.6 Å². The van der Waals surface area contributed by atoms with Gasteiger partial charge in [-0.2, -0.15) is 0 Å². The van der Waals surface area contributed by atoms with Crippen LogP contribution in [0.5, 0.6) is 5.75 Å². The van der Waals surface area contributed by atoms with Gasteiger partial charge in [-0.05, 0) is 91.1 Å². The summed E-state index contributed by atoms with van der Waals surface area (Å²) in [5, 5.41) is 21.6. The quantitative estimate of drug-likeness (QED) is 0.0695. The van der Waals surface area contributed by atoms with Crippen molar-refractivity contribution in [2.24, 2.45) is 5.92 Å². The number of likely N-dealkylation sites (tertiary alicyclic amines) is 1. The van der Waals surface area contributed by atoms with Gasteiger partial charge in [0.25, 0.3) is 0 Å². The fourth-order valence-corrected chi connectivity index (χ4v) is 11.5. The lowest BCUT2D eigenvalue weighted by Gasteiger charge is -2.46. The molecule has 0 radical (unpaired) electrons. The van der Waals surface area contributed by atoms with E-state index in [1.54, 1.807) is 41.3 Å². The second kappa shape index (κ2) is 20.7. The number of carbonyl (C=O) groups excluding carboxylic acids is 4. The van der Waals surface area contributed by atoms with Crippen LogP contribution in [0.15, 0.2) is 103 Å². The van der Waals surface area contributed by atoms with Crippen molar-refractivity contribution >= 4 is 29.6 Å². The summed E-state index contributed by atoms with van der Waals surface area (Å²) in [5.74, 6) is 3.62. The summed E-state index contributed by atoms with van der Waals surface area (Å²) in [5.41, 5.74) is -0.184. The summed E-state index contributed by atoms with van der Waals surface area (Å²) in [4.78, 5) is 67.8. The number of rotatable bonds is 10. The van der Waals surface area contributed by atoms with Crippen molar-refractivity contribution in [1.29, 1.82) is 0 Å². The molecule has 356 valence electrons. The number of methoxy groups -OCH3 is 1. The molecule has 0 unspecified atom stereocenters. The van der Waals surface area contributed by atoms with E-state index in [9.17, 15) is 15.0 Å². The first-order chi connectivity index (χ1) is 33.2. The molecule has 4 heterocycles. The Hall–Kier alpha value is -6.04. The first-order valence-electron chi connectivity index (χ1n) is 24.3. The number of cyclic esters (lactones) is 1.